The largest absolute Gasteiger partial charge is 0.480 e. The van der Waals surface area contributed by atoms with E-state index >= 15 is 0 Å². The van der Waals surface area contributed by atoms with Crippen LogP contribution >= 0.6 is 21.6 Å². The molecule has 0 saturated carbocycles. The van der Waals surface area contributed by atoms with Crippen molar-refractivity contribution in [1.82, 2.24) is 10.6 Å². The Morgan fingerprint density at radius 2 is 1.95 bits per heavy atom. The predicted molar refractivity (Wildman–Crippen MR) is 82.6 cm³/mol. The zero-order chi connectivity index (χ0) is 15.4. The second-order valence-electron chi connectivity index (χ2n) is 3.73. The highest BCUT2D eigenvalue weighted by Crippen LogP contribution is 2.21. The van der Waals surface area contributed by atoms with Crippen molar-refractivity contribution in [2.75, 3.05) is 18.1 Å². The van der Waals surface area contributed by atoms with Crippen molar-refractivity contribution in [2.45, 2.75) is 26.3 Å². The van der Waals surface area contributed by atoms with Crippen LogP contribution in [-0.4, -0.2) is 47.0 Å². The van der Waals surface area contributed by atoms with E-state index in [9.17, 15) is 14.4 Å². The standard InChI is InChI=1S/C12H20N2O4S2/c1-3-5-6-19-20-8-9(12(17)18)14-11(16)7-13-10(15)4-2/h3,5,9H,4,6-8H2,1-2H3,(H,13,15)(H,14,16)(H,17,18)/b5-3+/t9-/m1/s1. The van der Waals surface area contributed by atoms with E-state index in [1.807, 2.05) is 19.1 Å². The van der Waals surface area contributed by atoms with Crippen LogP contribution in [0.1, 0.15) is 20.3 Å². The van der Waals surface area contributed by atoms with Gasteiger partial charge >= 0.3 is 5.97 Å². The number of amides is 2. The number of aliphatic carboxylic acids is 1. The van der Waals surface area contributed by atoms with E-state index in [2.05, 4.69) is 10.6 Å². The first-order valence-electron chi connectivity index (χ1n) is 6.15. The summed E-state index contributed by atoms with van der Waals surface area (Å²) in [6, 6.07) is -0.955. The Kier molecular flexibility index (Phi) is 11.0. The molecule has 8 heteroatoms. The molecule has 0 aromatic carbocycles. The number of nitrogens with one attached hydrogen (secondary N) is 2. The van der Waals surface area contributed by atoms with Crippen LogP contribution in [0.4, 0.5) is 0 Å². The van der Waals surface area contributed by atoms with Gasteiger partial charge in [-0.1, -0.05) is 40.7 Å². The molecule has 114 valence electrons. The van der Waals surface area contributed by atoms with E-state index in [0.29, 0.717) is 0 Å². The van der Waals surface area contributed by atoms with Gasteiger partial charge in [0.15, 0.2) is 0 Å². The maximum Gasteiger partial charge on any atom is 0.327 e. The minimum atomic E-state index is -1.08. The molecule has 6 nitrogen and oxygen atoms in total. The minimum absolute atomic E-state index is 0.202. The van der Waals surface area contributed by atoms with Crippen LogP contribution in [0.2, 0.25) is 0 Å². The van der Waals surface area contributed by atoms with E-state index in [1.54, 1.807) is 6.92 Å². The molecule has 0 bridgehead atoms. The van der Waals surface area contributed by atoms with E-state index in [1.165, 1.54) is 21.6 Å². The summed E-state index contributed by atoms with van der Waals surface area (Å²) in [6.07, 6.45) is 4.17. The quantitative estimate of drug-likeness (QED) is 0.316. The number of hydrogen-bond acceptors (Lipinski definition) is 5. The van der Waals surface area contributed by atoms with Crippen LogP contribution in [0.5, 0.6) is 0 Å². The van der Waals surface area contributed by atoms with Crippen molar-refractivity contribution in [1.29, 1.82) is 0 Å². The molecule has 2 amide bonds. The zero-order valence-electron chi connectivity index (χ0n) is 11.5. The average Bonchev–Trinajstić information content (AvgIpc) is 2.42. The van der Waals surface area contributed by atoms with Crippen LogP contribution in [0.3, 0.4) is 0 Å². The van der Waals surface area contributed by atoms with E-state index in [0.717, 1.165) is 5.75 Å². The Hall–Kier alpha value is -1.15. The third-order valence-corrected chi connectivity index (χ3v) is 4.40. The van der Waals surface area contributed by atoms with Crippen molar-refractivity contribution in [3.8, 4) is 0 Å². The topological polar surface area (TPSA) is 95.5 Å². The van der Waals surface area contributed by atoms with E-state index in [4.69, 9.17) is 5.11 Å². The molecule has 0 fully saturated rings. The number of carboxylic acids is 1. The van der Waals surface area contributed by atoms with Crippen molar-refractivity contribution in [3.63, 3.8) is 0 Å². The summed E-state index contributed by atoms with van der Waals surface area (Å²) in [5, 5.41) is 13.8. The normalized spacial score (nSPS) is 12.1. The third kappa shape index (κ3) is 9.74. The maximum atomic E-state index is 11.5. The van der Waals surface area contributed by atoms with Crippen molar-refractivity contribution < 1.29 is 19.5 Å². The van der Waals surface area contributed by atoms with Gasteiger partial charge in [0.2, 0.25) is 11.8 Å². The van der Waals surface area contributed by atoms with Crippen molar-refractivity contribution >= 4 is 39.4 Å². The number of carboxylic acid groups (broad SMARTS) is 1. The SMILES string of the molecule is C/C=C/CSSC[C@@H](NC(=O)CNC(=O)CC)C(=O)O. The second kappa shape index (κ2) is 11.7. The highest BCUT2D eigenvalue weighted by atomic mass is 33.1. The fraction of sp³-hybridized carbons (Fsp3) is 0.583. The van der Waals surface area contributed by atoms with Gasteiger partial charge in [-0.25, -0.2) is 4.79 Å². The van der Waals surface area contributed by atoms with Gasteiger partial charge in [-0.3, -0.25) is 9.59 Å². The van der Waals surface area contributed by atoms with Gasteiger partial charge in [-0.15, -0.1) is 0 Å². The van der Waals surface area contributed by atoms with Gasteiger partial charge in [-0.2, -0.15) is 0 Å². The summed E-state index contributed by atoms with van der Waals surface area (Å²) in [7, 11) is 2.90. The molecule has 0 radical (unpaired) electrons. The average molecular weight is 320 g/mol. The number of carbonyl (C=O) groups excluding carboxylic acids is 2. The molecule has 0 unspecified atom stereocenters. The Morgan fingerprint density at radius 1 is 1.25 bits per heavy atom. The molecule has 0 heterocycles. The van der Waals surface area contributed by atoms with Gasteiger partial charge in [0.25, 0.3) is 0 Å². The van der Waals surface area contributed by atoms with E-state index in [-0.39, 0.29) is 24.6 Å². The smallest absolute Gasteiger partial charge is 0.327 e. The lowest BCUT2D eigenvalue weighted by molar-refractivity contribution is -0.141. The number of allylic oxidation sites excluding steroid dienone is 1. The van der Waals surface area contributed by atoms with E-state index < -0.39 is 17.9 Å². The molecule has 0 saturated heterocycles. The monoisotopic (exact) mass is 320 g/mol. The summed E-state index contributed by atoms with van der Waals surface area (Å²) in [5.41, 5.74) is 0. The Balaban J connectivity index is 4.03. The molecular formula is C12H20N2O4S2. The summed E-state index contributed by atoms with van der Waals surface area (Å²) < 4.78 is 0. The summed E-state index contributed by atoms with van der Waals surface area (Å²) in [4.78, 5) is 33.5. The van der Waals surface area contributed by atoms with Crippen molar-refractivity contribution in [2.24, 2.45) is 0 Å². The molecule has 0 aromatic heterocycles. The number of rotatable bonds is 10. The van der Waals surface area contributed by atoms with Crippen LogP contribution in [0.15, 0.2) is 12.2 Å². The molecule has 1 atom stereocenters. The molecular weight excluding hydrogens is 300 g/mol. The zero-order valence-corrected chi connectivity index (χ0v) is 13.2. The van der Waals surface area contributed by atoms with Gasteiger partial charge in [-0.05, 0) is 6.92 Å². The molecule has 0 spiro atoms. The second-order valence-corrected chi connectivity index (χ2v) is 6.28. The Labute approximate surface area is 126 Å². The van der Waals surface area contributed by atoms with Crippen molar-refractivity contribution in [3.05, 3.63) is 12.2 Å². The van der Waals surface area contributed by atoms with Crippen LogP contribution in [0, 0.1) is 0 Å². The van der Waals surface area contributed by atoms with Gasteiger partial charge in [0.1, 0.15) is 6.04 Å². The summed E-state index contributed by atoms with van der Waals surface area (Å²) >= 11 is 0. The molecule has 20 heavy (non-hydrogen) atoms. The Morgan fingerprint density at radius 3 is 2.50 bits per heavy atom. The van der Waals surface area contributed by atoms with Crippen LogP contribution in [0.25, 0.3) is 0 Å². The fourth-order valence-electron chi connectivity index (χ4n) is 1.02. The third-order valence-electron chi connectivity index (χ3n) is 2.12. The summed E-state index contributed by atoms with van der Waals surface area (Å²) in [5.74, 6) is -0.778. The van der Waals surface area contributed by atoms with Gasteiger partial charge in [0, 0.05) is 17.9 Å². The van der Waals surface area contributed by atoms with Crippen LogP contribution in [-0.2, 0) is 14.4 Å². The van der Waals surface area contributed by atoms with Crippen LogP contribution < -0.4 is 10.6 Å². The number of hydrogen-bond donors (Lipinski definition) is 3. The molecule has 0 aliphatic carbocycles. The molecule has 3 N–H and O–H groups in total. The summed E-state index contributed by atoms with van der Waals surface area (Å²) in [6.45, 7) is 3.38. The predicted octanol–water partition coefficient (Wildman–Crippen LogP) is 1.04. The number of carbonyl (C=O) groups is 3. The minimum Gasteiger partial charge on any atom is -0.480 e. The lowest BCUT2D eigenvalue weighted by Gasteiger charge is -2.13. The molecule has 0 rings (SSSR count). The maximum absolute atomic E-state index is 11.5. The first-order valence-corrected chi connectivity index (χ1v) is 8.64. The lowest BCUT2D eigenvalue weighted by Crippen LogP contribution is -2.46. The van der Waals surface area contributed by atoms with Gasteiger partial charge in [0.05, 0.1) is 6.54 Å². The van der Waals surface area contributed by atoms with Gasteiger partial charge < -0.3 is 15.7 Å². The fourth-order valence-corrected chi connectivity index (χ4v) is 3.07. The Bertz CT molecular complexity index is 361. The highest BCUT2D eigenvalue weighted by molar-refractivity contribution is 8.76. The lowest BCUT2D eigenvalue weighted by atomic mass is 10.3. The molecule has 0 aliphatic rings. The highest BCUT2D eigenvalue weighted by Gasteiger charge is 2.19. The molecule has 0 aliphatic heterocycles. The first kappa shape index (κ1) is 18.9. The first-order chi connectivity index (χ1) is 9.51. The molecule has 0 aromatic rings.